The van der Waals surface area contributed by atoms with Crippen LogP contribution in [0.15, 0.2) is 35.4 Å². The number of aromatic nitrogens is 3. The van der Waals surface area contributed by atoms with Crippen molar-refractivity contribution in [1.82, 2.24) is 19.4 Å². The molecule has 0 radical (unpaired) electrons. The van der Waals surface area contributed by atoms with E-state index < -0.39 is 50.1 Å². The molecule has 4 aliphatic rings. The Labute approximate surface area is 279 Å². The Morgan fingerprint density at radius 3 is 2.40 bits per heavy atom. The molecule has 3 aromatic rings. The highest BCUT2D eigenvalue weighted by Gasteiger charge is 2.46. The molecule has 0 spiro atoms. The number of benzene rings is 1. The summed E-state index contributed by atoms with van der Waals surface area (Å²) >= 11 is 0. The minimum absolute atomic E-state index is 0.0121. The van der Waals surface area contributed by atoms with Crippen molar-refractivity contribution in [3.8, 4) is 6.07 Å². The Balaban J connectivity index is 1.46. The Kier molecular flexibility index (Phi) is 9.61. The second-order valence-electron chi connectivity index (χ2n) is 13.9. The number of rotatable bonds is 1. The first-order chi connectivity index (χ1) is 22.9. The smallest absolute Gasteiger partial charge is 0.278 e. The summed E-state index contributed by atoms with van der Waals surface area (Å²) in [6.45, 7) is 5.20. The van der Waals surface area contributed by atoms with Crippen LogP contribution in [0, 0.1) is 23.1 Å². The molecule has 2 fully saturated rings. The summed E-state index contributed by atoms with van der Waals surface area (Å²) < 4.78 is 74.3. The molecule has 258 valence electrons. The van der Waals surface area contributed by atoms with Crippen LogP contribution >= 0.6 is 0 Å². The van der Waals surface area contributed by atoms with Gasteiger partial charge in [0, 0.05) is 29.6 Å². The number of fused-ring (bicyclic) bond motifs is 9. The van der Waals surface area contributed by atoms with Gasteiger partial charge in [-0.05, 0) is 71.5 Å². The highest BCUT2D eigenvalue weighted by molar-refractivity contribution is 7.91. The Bertz CT molecular complexity index is 1870. The molecule has 8 bridgehead atoms. The summed E-state index contributed by atoms with van der Waals surface area (Å²) in [5, 5.41) is 14.0. The molecule has 48 heavy (non-hydrogen) atoms. The maximum absolute atomic E-state index is 16.1. The van der Waals surface area contributed by atoms with Crippen LogP contribution in [-0.2, 0) is 27.7 Å². The van der Waals surface area contributed by atoms with E-state index in [1.807, 2.05) is 0 Å². The SMILES string of the molecule is CC1CCCCCCn2c(=O)c(C3(C#N)CCS(=O)(=O)CC3)cc3c(ncnc32)N[C@H](C)c2cccc(c2F)C(F)(F)C2CCN1CC2. The average Bonchev–Trinajstić information content (AvgIpc) is 3.07. The van der Waals surface area contributed by atoms with E-state index >= 15 is 13.2 Å². The number of nitrogens with one attached hydrogen (secondary N) is 1. The van der Waals surface area contributed by atoms with Gasteiger partial charge in [-0.2, -0.15) is 5.26 Å². The number of nitriles is 1. The molecule has 0 saturated carbocycles. The van der Waals surface area contributed by atoms with Crippen LogP contribution in [0.1, 0.15) is 94.4 Å². The van der Waals surface area contributed by atoms with Crippen LogP contribution in [0.2, 0.25) is 0 Å². The maximum Gasteiger partial charge on any atom is 0.278 e. The number of piperidine rings is 1. The molecule has 2 atom stereocenters. The van der Waals surface area contributed by atoms with Crippen molar-refractivity contribution in [2.75, 3.05) is 29.9 Å². The summed E-state index contributed by atoms with van der Waals surface area (Å²) in [6.07, 6.45) is 6.18. The fourth-order valence-corrected chi connectivity index (χ4v) is 9.29. The topological polar surface area (TPSA) is 121 Å². The third-order valence-electron chi connectivity index (χ3n) is 10.9. The van der Waals surface area contributed by atoms with E-state index in [-0.39, 0.29) is 60.2 Å². The highest BCUT2D eigenvalue weighted by atomic mass is 32.2. The predicted molar refractivity (Wildman–Crippen MR) is 178 cm³/mol. The van der Waals surface area contributed by atoms with E-state index in [4.69, 9.17) is 0 Å². The molecule has 6 heterocycles. The number of nitrogens with zero attached hydrogens (tertiary/aromatic N) is 5. The number of hydrogen-bond acceptors (Lipinski definition) is 8. The zero-order valence-corrected chi connectivity index (χ0v) is 28.3. The van der Waals surface area contributed by atoms with Crippen molar-refractivity contribution >= 4 is 26.7 Å². The molecule has 2 saturated heterocycles. The second-order valence-corrected chi connectivity index (χ2v) is 16.2. The lowest BCUT2D eigenvalue weighted by molar-refractivity contribution is -0.0907. The van der Waals surface area contributed by atoms with Crippen molar-refractivity contribution in [3.05, 3.63) is 63.5 Å². The summed E-state index contributed by atoms with van der Waals surface area (Å²) in [5.41, 5.74) is -1.76. The van der Waals surface area contributed by atoms with Gasteiger partial charge in [0.1, 0.15) is 33.4 Å². The van der Waals surface area contributed by atoms with Gasteiger partial charge in [-0.25, -0.2) is 31.6 Å². The van der Waals surface area contributed by atoms with Crippen molar-refractivity contribution < 1.29 is 21.6 Å². The number of sulfone groups is 1. The first kappa shape index (κ1) is 34.4. The third-order valence-corrected chi connectivity index (χ3v) is 12.6. The fraction of sp³-hybridized carbons (Fsp3) is 0.600. The molecule has 7 rings (SSSR count). The van der Waals surface area contributed by atoms with E-state index in [0.29, 0.717) is 37.1 Å². The Morgan fingerprint density at radius 1 is 0.979 bits per heavy atom. The Hall–Kier alpha value is -3.50. The zero-order valence-electron chi connectivity index (χ0n) is 27.5. The molecular weight excluding hydrogens is 641 g/mol. The van der Waals surface area contributed by atoms with Crippen LogP contribution in [-0.4, -0.2) is 58.5 Å². The normalized spacial score (nSPS) is 27.4. The van der Waals surface area contributed by atoms with Gasteiger partial charge in [-0.1, -0.05) is 37.5 Å². The van der Waals surface area contributed by atoms with E-state index in [1.54, 1.807) is 17.6 Å². The van der Waals surface area contributed by atoms with Crippen molar-refractivity contribution in [1.29, 1.82) is 5.26 Å². The molecule has 0 aliphatic carbocycles. The monoisotopic (exact) mass is 684 g/mol. The molecule has 1 N–H and O–H groups in total. The molecule has 1 unspecified atom stereocenters. The minimum Gasteiger partial charge on any atom is -0.363 e. The van der Waals surface area contributed by atoms with E-state index in [1.165, 1.54) is 24.5 Å². The van der Waals surface area contributed by atoms with Crippen molar-refractivity contribution in [3.63, 3.8) is 0 Å². The van der Waals surface area contributed by atoms with Gasteiger partial charge in [0.05, 0.1) is 40.0 Å². The van der Waals surface area contributed by atoms with Gasteiger partial charge < -0.3 is 10.2 Å². The Morgan fingerprint density at radius 2 is 1.69 bits per heavy atom. The maximum atomic E-state index is 16.1. The molecule has 13 heteroatoms. The van der Waals surface area contributed by atoms with E-state index in [0.717, 1.165) is 25.7 Å². The average molecular weight is 685 g/mol. The lowest BCUT2D eigenvalue weighted by atomic mass is 9.77. The summed E-state index contributed by atoms with van der Waals surface area (Å²) in [5.74, 6) is -5.44. The number of aryl methyl sites for hydroxylation is 1. The van der Waals surface area contributed by atoms with Gasteiger partial charge in [-0.15, -0.1) is 0 Å². The van der Waals surface area contributed by atoms with Gasteiger partial charge in [-0.3, -0.25) is 9.36 Å². The largest absolute Gasteiger partial charge is 0.363 e. The van der Waals surface area contributed by atoms with Gasteiger partial charge >= 0.3 is 0 Å². The number of hydrogen-bond donors (Lipinski definition) is 1. The number of anilines is 1. The van der Waals surface area contributed by atoms with Gasteiger partial charge in [0.15, 0.2) is 0 Å². The molecular formula is C35H43F3N6O3S. The number of alkyl halides is 2. The van der Waals surface area contributed by atoms with Crippen LogP contribution in [0.5, 0.6) is 0 Å². The number of pyridine rings is 1. The number of halogens is 3. The third kappa shape index (κ3) is 6.45. The van der Waals surface area contributed by atoms with Crippen LogP contribution in [0.25, 0.3) is 11.0 Å². The van der Waals surface area contributed by atoms with E-state index in [9.17, 15) is 18.5 Å². The van der Waals surface area contributed by atoms with E-state index in [2.05, 4.69) is 33.2 Å². The second kappa shape index (κ2) is 13.4. The molecule has 0 amide bonds. The summed E-state index contributed by atoms with van der Waals surface area (Å²) in [6, 6.07) is 7.38. The van der Waals surface area contributed by atoms with Crippen molar-refractivity contribution in [2.24, 2.45) is 5.92 Å². The lowest BCUT2D eigenvalue weighted by Gasteiger charge is -2.39. The molecule has 1 aromatic carbocycles. The lowest BCUT2D eigenvalue weighted by Crippen LogP contribution is -2.43. The van der Waals surface area contributed by atoms with Crippen LogP contribution in [0.4, 0.5) is 19.0 Å². The molecule has 9 nitrogen and oxygen atoms in total. The molecule has 2 aromatic heterocycles. The minimum atomic E-state index is -3.35. The molecule has 4 aliphatic heterocycles. The first-order valence-electron chi connectivity index (χ1n) is 17.0. The predicted octanol–water partition coefficient (Wildman–Crippen LogP) is 6.23. The quantitative estimate of drug-likeness (QED) is 0.320. The zero-order chi connectivity index (χ0) is 34.3. The fourth-order valence-electron chi connectivity index (χ4n) is 7.77. The summed E-state index contributed by atoms with van der Waals surface area (Å²) in [7, 11) is -3.33. The summed E-state index contributed by atoms with van der Waals surface area (Å²) in [4.78, 5) is 25.3. The van der Waals surface area contributed by atoms with Gasteiger partial charge in [0.2, 0.25) is 0 Å². The standard InChI is InChI=1S/C35H43F3N6O3S/c1-23-8-5-3-4-6-15-44-32-27(20-29(33(44)45)34(21-39)13-18-48(46,47)19-14-34)31(40-22-41-32)42-24(2)26-9-7-10-28(30(26)36)35(37,38)25-11-16-43(23)17-12-25/h7,9-10,20,22-25H,3-6,8,11-19H2,1-2H3,(H,40,41,42)/t23?,24-/m1/s1. The highest BCUT2D eigenvalue weighted by Crippen LogP contribution is 2.44. The van der Waals surface area contributed by atoms with Crippen LogP contribution < -0.4 is 10.9 Å². The van der Waals surface area contributed by atoms with Gasteiger partial charge in [0.25, 0.3) is 11.5 Å². The first-order valence-corrected chi connectivity index (χ1v) is 18.9. The van der Waals surface area contributed by atoms with Crippen LogP contribution in [0.3, 0.4) is 0 Å². The van der Waals surface area contributed by atoms with Crippen molar-refractivity contribution in [2.45, 2.75) is 102 Å².